The first-order valence-corrected chi connectivity index (χ1v) is 16.1. The first kappa shape index (κ1) is 35.4. The maximum atomic E-state index is 13.7. The van der Waals surface area contributed by atoms with Crippen molar-refractivity contribution < 1.29 is 40.7 Å². The lowest BCUT2D eigenvalue weighted by Crippen LogP contribution is -2.52. The molecule has 1 aliphatic heterocycles. The van der Waals surface area contributed by atoms with E-state index in [4.69, 9.17) is 23.2 Å². The summed E-state index contributed by atoms with van der Waals surface area (Å²) in [6.07, 6.45) is -5.79. The number of thiazole rings is 1. The Morgan fingerprint density at radius 3 is 2.21 bits per heavy atom. The van der Waals surface area contributed by atoms with Crippen LogP contribution in [0.3, 0.4) is 0 Å². The summed E-state index contributed by atoms with van der Waals surface area (Å²) >= 11 is 13.5. The monoisotopic (exact) mass is 690 g/mol. The highest BCUT2D eigenvalue weighted by Crippen LogP contribution is 2.43. The van der Waals surface area contributed by atoms with E-state index in [0.29, 0.717) is 0 Å². The number of aliphatic hydroxyl groups is 1. The molecule has 0 aliphatic carbocycles. The fourth-order valence-electron chi connectivity index (χ4n) is 4.19. The average molecular weight is 692 g/mol. The number of likely N-dealkylation sites (tertiary alicyclic amines) is 1. The van der Waals surface area contributed by atoms with Gasteiger partial charge in [-0.2, -0.15) is 17.9 Å². The number of carbonyl (C=O) groups excluding carboxylic acids is 2. The van der Waals surface area contributed by atoms with Gasteiger partial charge >= 0.3 is 6.18 Å². The Hall–Kier alpha value is -2.04. The second kappa shape index (κ2) is 12.8. The molecule has 17 heteroatoms. The Morgan fingerprint density at radius 2 is 1.70 bits per heavy atom. The van der Waals surface area contributed by atoms with Crippen LogP contribution >= 0.6 is 34.5 Å². The third kappa shape index (κ3) is 8.57. The number of nitrogens with zero attached hydrogens (tertiary/aromatic N) is 2. The van der Waals surface area contributed by atoms with Crippen LogP contribution in [-0.2, 0) is 10.0 Å². The number of halogens is 6. The van der Waals surface area contributed by atoms with E-state index in [-0.39, 0.29) is 53.6 Å². The van der Waals surface area contributed by atoms with Crippen LogP contribution in [0.5, 0.6) is 0 Å². The summed E-state index contributed by atoms with van der Waals surface area (Å²) in [6.45, 7) is 6.62. The van der Waals surface area contributed by atoms with Crippen molar-refractivity contribution in [2.24, 2.45) is 5.41 Å². The van der Waals surface area contributed by atoms with E-state index in [1.807, 2.05) is 0 Å². The van der Waals surface area contributed by atoms with Gasteiger partial charge in [-0.25, -0.2) is 17.8 Å². The Labute approximate surface area is 261 Å². The molecule has 1 aliphatic rings. The molecule has 1 aromatic heterocycles. The summed E-state index contributed by atoms with van der Waals surface area (Å²) in [5, 5.41) is 11.3. The number of alkyl halides is 4. The number of hydrogen-bond acceptors (Lipinski definition) is 7. The van der Waals surface area contributed by atoms with Crippen LogP contribution < -0.4 is 10.0 Å². The Bertz CT molecular complexity index is 1470. The molecular weight excluding hydrogens is 659 g/mol. The fraction of sp³-hybridized carbons (Fsp3) is 0.577. The Balaban J connectivity index is 2.09. The van der Waals surface area contributed by atoms with Gasteiger partial charge in [0.25, 0.3) is 11.8 Å². The van der Waals surface area contributed by atoms with Gasteiger partial charge in [0.1, 0.15) is 22.8 Å². The first-order valence-electron chi connectivity index (χ1n) is 13.0. The number of amides is 2. The molecule has 0 saturated carbocycles. The summed E-state index contributed by atoms with van der Waals surface area (Å²) in [6, 6.07) is -0.360. The highest BCUT2D eigenvalue weighted by molar-refractivity contribution is 7.89. The molecule has 3 N–H and O–H groups in total. The van der Waals surface area contributed by atoms with Crippen LogP contribution in [0.4, 0.5) is 17.6 Å². The van der Waals surface area contributed by atoms with Gasteiger partial charge < -0.3 is 15.3 Å². The van der Waals surface area contributed by atoms with Crippen LogP contribution in [0.1, 0.15) is 67.8 Å². The third-order valence-corrected chi connectivity index (χ3v) is 10.0. The van der Waals surface area contributed by atoms with Gasteiger partial charge in [-0.1, -0.05) is 50.0 Å². The van der Waals surface area contributed by atoms with Crippen LogP contribution in [0.25, 0.3) is 10.4 Å². The van der Waals surface area contributed by atoms with Crippen molar-refractivity contribution in [3.8, 4) is 10.4 Å². The summed E-state index contributed by atoms with van der Waals surface area (Å²) in [5.41, 5.74) is -3.03. The lowest BCUT2D eigenvalue weighted by molar-refractivity contribution is -0.172. The molecule has 43 heavy (non-hydrogen) atoms. The minimum atomic E-state index is -4.92. The van der Waals surface area contributed by atoms with E-state index >= 15 is 0 Å². The average Bonchev–Trinajstić information content (AvgIpc) is 3.31. The van der Waals surface area contributed by atoms with E-state index in [9.17, 15) is 40.7 Å². The van der Waals surface area contributed by atoms with Gasteiger partial charge in [0, 0.05) is 25.2 Å². The first-order chi connectivity index (χ1) is 19.5. The van der Waals surface area contributed by atoms with Crippen molar-refractivity contribution in [1.29, 1.82) is 0 Å². The Morgan fingerprint density at radius 1 is 1.12 bits per heavy atom. The molecule has 0 radical (unpaired) electrons. The maximum absolute atomic E-state index is 13.7. The van der Waals surface area contributed by atoms with Crippen molar-refractivity contribution in [2.75, 3.05) is 19.6 Å². The zero-order valence-electron chi connectivity index (χ0n) is 23.9. The van der Waals surface area contributed by atoms with Crippen LogP contribution in [0.15, 0.2) is 17.0 Å². The maximum Gasteiger partial charge on any atom is 0.405 e. The van der Waals surface area contributed by atoms with E-state index < -0.39 is 66.2 Å². The Kier molecular flexibility index (Phi) is 10.5. The van der Waals surface area contributed by atoms with Crippen molar-refractivity contribution >= 4 is 56.4 Å². The van der Waals surface area contributed by atoms with Crippen molar-refractivity contribution in [3.63, 3.8) is 0 Å². The quantitative estimate of drug-likeness (QED) is 0.316. The minimum Gasteiger partial charge on any atom is -0.389 e. The summed E-state index contributed by atoms with van der Waals surface area (Å²) in [4.78, 5) is 31.2. The van der Waals surface area contributed by atoms with Gasteiger partial charge in [-0.05, 0) is 38.2 Å². The van der Waals surface area contributed by atoms with Crippen LogP contribution in [-0.4, -0.2) is 78.8 Å². The van der Waals surface area contributed by atoms with Crippen molar-refractivity contribution in [3.05, 3.63) is 32.9 Å². The van der Waals surface area contributed by atoms with E-state index in [0.717, 1.165) is 23.5 Å². The molecule has 2 aromatic rings. The number of sulfonamides is 1. The van der Waals surface area contributed by atoms with Gasteiger partial charge in [-0.3, -0.25) is 9.59 Å². The van der Waals surface area contributed by atoms with Crippen LogP contribution in [0.2, 0.25) is 10.0 Å². The SMILES string of the molecule is CC(C)(O)CNC(=O)c1nc(C(=O)N2CCC(F)CC2)c(-c2ccc(S(=O)(=O)N[C@@H](C(C)(C)C)C(F)(F)F)c(Cl)c2Cl)s1. The molecule has 1 atom stereocenters. The predicted molar refractivity (Wildman–Crippen MR) is 156 cm³/mol. The number of nitrogens with one attached hydrogen (secondary N) is 2. The molecule has 240 valence electrons. The van der Waals surface area contributed by atoms with Crippen molar-refractivity contribution in [1.82, 2.24) is 19.9 Å². The molecular formula is C26H32Cl2F4N4O5S2. The number of rotatable bonds is 8. The largest absolute Gasteiger partial charge is 0.405 e. The molecule has 0 unspecified atom stereocenters. The van der Waals surface area contributed by atoms with E-state index in [2.05, 4.69) is 10.3 Å². The molecule has 1 fully saturated rings. The fourth-order valence-corrected chi connectivity index (χ4v) is 7.54. The van der Waals surface area contributed by atoms with Crippen molar-refractivity contribution in [2.45, 2.75) is 76.3 Å². The van der Waals surface area contributed by atoms with Gasteiger partial charge in [0.2, 0.25) is 10.0 Å². The highest BCUT2D eigenvalue weighted by Gasteiger charge is 2.49. The molecule has 9 nitrogen and oxygen atoms in total. The number of hydrogen-bond donors (Lipinski definition) is 3. The van der Waals surface area contributed by atoms with Crippen LogP contribution in [0, 0.1) is 5.41 Å². The van der Waals surface area contributed by atoms with E-state index in [1.165, 1.54) is 39.5 Å². The number of piperidine rings is 1. The lowest BCUT2D eigenvalue weighted by atomic mass is 9.87. The zero-order valence-corrected chi connectivity index (χ0v) is 27.0. The number of aromatic nitrogens is 1. The third-order valence-electron chi connectivity index (χ3n) is 6.46. The molecule has 1 aromatic carbocycles. The molecule has 2 amide bonds. The molecule has 0 spiro atoms. The molecule has 2 heterocycles. The van der Waals surface area contributed by atoms with Gasteiger partial charge in [-0.15, -0.1) is 11.3 Å². The highest BCUT2D eigenvalue weighted by atomic mass is 35.5. The minimum absolute atomic E-state index is 0.00317. The molecule has 3 rings (SSSR count). The topological polar surface area (TPSA) is 129 Å². The second-order valence-electron chi connectivity index (χ2n) is 11.9. The molecule has 1 saturated heterocycles. The van der Waals surface area contributed by atoms with E-state index in [1.54, 1.807) is 4.72 Å². The smallest absolute Gasteiger partial charge is 0.389 e. The summed E-state index contributed by atoms with van der Waals surface area (Å²) in [7, 11) is -4.85. The zero-order chi connectivity index (χ0) is 32.7. The standard InChI is InChI=1S/C26H32Cl2F4N4O5S2/c1-24(2,3)23(26(30,31)32)35-43(40,41)15-7-6-14(16(27)17(15)28)19-18(22(38)36-10-8-13(29)9-11-36)34-21(42-19)20(37)33-12-25(4,5)39/h6-7,13,23,35,39H,8-12H2,1-5H3,(H,33,37)/t23-/m0/s1. The predicted octanol–water partition coefficient (Wildman–Crippen LogP) is 5.45. The summed E-state index contributed by atoms with van der Waals surface area (Å²) in [5.74, 6) is -1.36. The number of benzene rings is 1. The second-order valence-corrected chi connectivity index (χ2v) is 15.3. The normalized spacial score (nSPS) is 16.3. The molecule has 0 bridgehead atoms. The van der Waals surface area contributed by atoms with Gasteiger partial charge in [0.15, 0.2) is 5.01 Å². The summed E-state index contributed by atoms with van der Waals surface area (Å²) < 4.78 is 82.7. The van der Waals surface area contributed by atoms with Gasteiger partial charge in [0.05, 0.1) is 20.5 Å². The lowest BCUT2D eigenvalue weighted by Gasteiger charge is -2.32. The number of carbonyl (C=O) groups is 2.